The van der Waals surface area contributed by atoms with Crippen molar-refractivity contribution < 1.29 is 14.3 Å². The third-order valence-electron chi connectivity index (χ3n) is 5.03. The van der Waals surface area contributed by atoms with Crippen LogP contribution >= 0.6 is 0 Å². The second-order valence-corrected chi connectivity index (χ2v) is 6.70. The molecule has 138 valence electrons. The molecule has 7 nitrogen and oxygen atoms in total. The molecule has 2 aliphatic rings. The molecule has 0 saturated carbocycles. The smallest absolute Gasteiger partial charge is 0.315 e. The van der Waals surface area contributed by atoms with Crippen LogP contribution in [0.25, 0.3) is 0 Å². The highest BCUT2D eigenvalue weighted by atomic mass is 16.5. The molecule has 2 aliphatic heterocycles. The number of pyridine rings is 1. The van der Waals surface area contributed by atoms with Crippen LogP contribution in [0.2, 0.25) is 0 Å². The van der Waals surface area contributed by atoms with Crippen molar-refractivity contribution in [3.05, 3.63) is 30.1 Å². The lowest BCUT2D eigenvalue weighted by molar-refractivity contribution is 0.00211. The second-order valence-electron chi connectivity index (χ2n) is 6.70. The highest BCUT2D eigenvalue weighted by Crippen LogP contribution is 2.21. The van der Waals surface area contributed by atoms with Gasteiger partial charge in [0.25, 0.3) is 0 Å². The summed E-state index contributed by atoms with van der Waals surface area (Å²) in [5.41, 5.74) is 0.992. The molecule has 1 aromatic rings. The summed E-state index contributed by atoms with van der Waals surface area (Å²) >= 11 is 0. The van der Waals surface area contributed by atoms with Crippen LogP contribution < -0.4 is 10.6 Å². The number of hydrogen-bond acceptors (Lipinski definition) is 5. The van der Waals surface area contributed by atoms with E-state index in [1.807, 2.05) is 19.1 Å². The normalized spacial score (nSPS) is 23.8. The van der Waals surface area contributed by atoms with E-state index in [0.717, 1.165) is 51.5 Å². The van der Waals surface area contributed by atoms with Crippen molar-refractivity contribution in [1.82, 2.24) is 20.5 Å². The van der Waals surface area contributed by atoms with Gasteiger partial charge in [-0.3, -0.25) is 9.88 Å². The fraction of sp³-hybridized carbons (Fsp3) is 0.667. The van der Waals surface area contributed by atoms with Gasteiger partial charge in [0.15, 0.2) is 0 Å². The molecule has 2 fully saturated rings. The summed E-state index contributed by atoms with van der Waals surface area (Å²) in [6, 6.07) is 3.91. The number of urea groups is 1. The molecule has 3 heterocycles. The molecule has 0 bridgehead atoms. The van der Waals surface area contributed by atoms with Crippen LogP contribution in [0.5, 0.6) is 0 Å². The van der Waals surface area contributed by atoms with Crippen molar-refractivity contribution in [2.24, 2.45) is 5.92 Å². The van der Waals surface area contributed by atoms with Crippen LogP contribution in [0.4, 0.5) is 4.79 Å². The Morgan fingerprint density at radius 1 is 1.36 bits per heavy atom. The molecule has 0 aliphatic carbocycles. The van der Waals surface area contributed by atoms with E-state index in [1.165, 1.54) is 0 Å². The average Bonchev–Trinajstić information content (AvgIpc) is 3.18. The summed E-state index contributed by atoms with van der Waals surface area (Å²) in [7, 11) is 0. The van der Waals surface area contributed by atoms with Gasteiger partial charge >= 0.3 is 6.03 Å². The van der Waals surface area contributed by atoms with Gasteiger partial charge in [-0.25, -0.2) is 4.79 Å². The lowest BCUT2D eigenvalue weighted by Crippen LogP contribution is -2.53. The quantitative estimate of drug-likeness (QED) is 0.807. The Morgan fingerprint density at radius 3 is 2.88 bits per heavy atom. The third-order valence-corrected chi connectivity index (χ3v) is 5.03. The summed E-state index contributed by atoms with van der Waals surface area (Å²) < 4.78 is 11.0. The Bertz CT molecular complexity index is 530. The molecule has 3 atom stereocenters. The van der Waals surface area contributed by atoms with Gasteiger partial charge in [0.1, 0.15) is 0 Å². The molecule has 2 N–H and O–H groups in total. The first-order valence-corrected chi connectivity index (χ1v) is 9.08. The van der Waals surface area contributed by atoms with Crippen molar-refractivity contribution in [3.8, 4) is 0 Å². The van der Waals surface area contributed by atoms with Gasteiger partial charge in [0.05, 0.1) is 25.9 Å². The fourth-order valence-electron chi connectivity index (χ4n) is 3.52. The lowest BCUT2D eigenvalue weighted by Gasteiger charge is -2.37. The first-order chi connectivity index (χ1) is 12.2. The fourth-order valence-corrected chi connectivity index (χ4v) is 3.52. The summed E-state index contributed by atoms with van der Waals surface area (Å²) in [6.45, 7) is 7.52. The first-order valence-electron chi connectivity index (χ1n) is 9.08. The van der Waals surface area contributed by atoms with E-state index in [2.05, 4.69) is 20.5 Å². The van der Waals surface area contributed by atoms with E-state index >= 15 is 0 Å². The predicted molar refractivity (Wildman–Crippen MR) is 94.3 cm³/mol. The number of ether oxygens (including phenoxy) is 2. The van der Waals surface area contributed by atoms with E-state index in [9.17, 15) is 4.79 Å². The third kappa shape index (κ3) is 5.14. The largest absolute Gasteiger partial charge is 0.381 e. The monoisotopic (exact) mass is 348 g/mol. The van der Waals surface area contributed by atoms with E-state index in [-0.39, 0.29) is 12.1 Å². The number of nitrogens with zero attached hydrogens (tertiary/aromatic N) is 2. The van der Waals surface area contributed by atoms with E-state index < -0.39 is 0 Å². The summed E-state index contributed by atoms with van der Waals surface area (Å²) in [5, 5.41) is 6.03. The average molecular weight is 348 g/mol. The molecule has 7 heteroatoms. The summed E-state index contributed by atoms with van der Waals surface area (Å²) in [6.07, 6.45) is 4.56. The zero-order valence-electron chi connectivity index (χ0n) is 14.8. The van der Waals surface area contributed by atoms with Crippen molar-refractivity contribution in [2.75, 3.05) is 46.1 Å². The van der Waals surface area contributed by atoms with Crippen LogP contribution in [0.15, 0.2) is 24.5 Å². The van der Waals surface area contributed by atoms with Gasteiger partial charge in [-0.1, -0.05) is 6.07 Å². The van der Waals surface area contributed by atoms with Crippen LogP contribution in [-0.4, -0.2) is 68.0 Å². The molecule has 25 heavy (non-hydrogen) atoms. The number of morpholine rings is 1. The number of carbonyl (C=O) groups is 1. The molecule has 0 radical (unpaired) electrons. The summed E-state index contributed by atoms with van der Waals surface area (Å²) in [5.74, 6) is 0.467. The van der Waals surface area contributed by atoms with Gasteiger partial charge < -0.3 is 20.1 Å². The highest BCUT2D eigenvalue weighted by molar-refractivity contribution is 5.74. The zero-order chi connectivity index (χ0) is 17.5. The van der Waals surface area contributed by atoms with Gasteiger partial charge in [-0.15, -0.1) is 0 Å². The Morgan fingerprint density at radius 2 is 2.20 bits per heavy atom. The zero-order valence-corrected chi connectivity index (χ0v) is 14.8. The van der Waals surface area contributed by atoms with E-state index in [4.69, 9.17) is 9.47 Å². The molecule has 2 saturated heterocycles. The number of amides is 2. The molecule has 1 aromatic heterocycles. The Kier molecular flexibility index (Phi) is 6.61. The van der Waals surface area contributed by atoms with Gasteiger partial charge in [-0.2, -0.15) is 0 Å². The Hall–Kier alpha value is -1.70. The van der Waals surface area contributed by atoms with Crippen LogP contribution in [-0.2, 0) is 9.47 Å². The maximum absolute atomic E-state index is 12.3. The minimum atomic E-state index is -0.145. The number of carbonyl (C=O) groups excluding carboxylic acids is 1. The Labute approximate surface area is 149 Å². The predicted octanol–water partition coefficient (Wildman–Crippen LogP) is 1.18. The first kappa shape index (κ1) is 18.1. The molecular weight excluding hydrogens is 320 g/mol. The second kappa shape index (κ2) is 9.12. The topological polar surface area (TPSA) is 75.7 Å². The van der Waals surface area contributed by atoms with Crippen LogP contribution in [0.3, 0.4) is 0 Å². The van der Waals surface area contributed by atoms with Crippen molar-refractivity contribution >= 4 is 6.03 Å². The van der Waals surface area contributed by atoms with Crippen LogP contribution in [0.1, 0.15) is 24.9 Å². The lowest BCUT2D eigenvalue weighted by atomic mass is 9.97. The minimum absolute atomic E-state index is 0.0784. The van der Waals surface area contributed by atoms with Gasteiger partial charge in [0.2, 0.25) is 0 Å². The number of hydrogen-bond donors (Lipinski definition) is 2. The summed E-state index contributed by atoms with van der Waals surface area (Å²) in [4.78, 5) is 18.8. The maximum Gasteiger partial charge on any atom is 0.315 e. The molecular formula is C18H28N4O3. The van der Waals surface area contributed by atoms with Crippen LogP contribution in [0, 0.1) is 5.92 Å². The van der Waals surface area contributed by atoms with Gasteiger partial charge in [0, 0.05) is 50.6 Å². The van der Waals surface area contributed by atoms with Crippen molar-refractivity contribution in [1.29, 1.82) is 0 Å². The van der Waals surface area contributed by atoms with Gasteiger partial charge in [-0.05, 0) is 25.0 Å². The SMILES string of the molecule is C[C@H](NC(=O)NC[C@@H]([C@H]1CCOC1)N1CCOCC1)c1cccnc1. The molecule has 0 spiro atoms. The molecule has 0 aromatic carbocycles. The molecule has 0 unspecified atom stereocenters. The number of aromatic nitrogens is 1. The minimum Gasteiger partial charge on any atom is -0.381 e. The number of rotatable bonds is 6. The standard InChI is InChI=1S/C18H28N4O3/c1-14(15-3-2-5-19-11-15)21-18(23)20-12-17(16-4-8-25-13-16)22-6-9-24-10-7-22/h2-3,5,11,14,16-17H,4,6-10,12-13H2,1H3,(H2,20,21,23)/t14-,16-,17-/m0/s1. The Balaban J connectivity index is 1.52. The molecule has 2 amide bonds. The van der Waals surface area contributed by atoms with Crippen molar-refractivity contribution in [3.63, 3.8) is 0 Å². The maximum atomic E-state index is 12.3. The highest BCUT2D eigenvalue weighted by Gasteiger charge is 2.31. The number of nitrogens with one attached hydrogen (secondary N) is 2. The van der Waals surface area contributed by atoms with E-state index in [1.54, 1.807) is 12.4 Å². The van der Waals surface area contributed by atoms with Crippen molar-refractivity contribution in [2.45, 2.75) is 25.4 Å². The van der Waals surface area contributed by atoms with E-state index in [0.29, 0.717) is 18.5 Å². The molecule has 3 rings (SSSR count).